The summed E-state index contributed by atoms with van der Waals surface area (Å²) in [5.41, 5.74) is 12.8. The molecule has 0 aliphatic heterocycles. The predicted molar refractivity (Wildman–Crippen MR) is 66.0 cm³/mol. The molecule has 0 aliphatic carbocycles. The third-order valence-corrected chi connectivity index (χ3v) is 2.46. The van der Waals surface area contributed by atoms with Crippen LogP contribution in [0.15, 0.2) is 24.3 Å². The molecule has 88 valence electrons. The zero-order chi connectivity index (χ0) is 12.0. The predicted octanol–water partition coefficient (Wildman–Crippen LogP) is 0.837. The van der Waals surface area contributed by atoms with Crippen molar-refractivity contribution in [1.82, 2.24) is 5.32 Å². The van der Waals surface area contributed by atoms with Crippen LogP contribution in [0.1, 0.15) is 24.8 Å². The first kappa shape index (κ1) is 12.5. The van der Waals surface area contributed by atoms with Crippen molar-refractivity contribution in [2.24, 2.45) is 5.73 Å². The van der Waals surface area contributed by atoms with Crippen molar-refractivity contribution >= 4 is 11.6 Å². The Balaban J connectivity index is 2.48. The monoisotopic (exact) mass is 221 g/mol. The Morgan fingerprint density at radius 2 is 2.00 bits per heavy atom. The van der Waals surface area contributed by atoms with Gasteiger partial charge in [0.05, 0.1) is 0 Å². The molecule has 16 heavy (non-hydrogen) atoms. The summed E-state index contributed by atoms with van der Waals surface area (Å²) in [7, 11) is 0. The van der Waals surface area contributed by atoms with E-state index in [1.54, 1.807) is 0 Å². The van der Waals surface area contributed by atoms with Crippen LogP contribution < -0.4 is 16.8 Å². The zero-order valence-corrected chi connectivity index (χ0v) is 9.57. The summed E-state index contributed by atoms with van der Waals surface area (Å²) in [5.74, 6) is 0.230. The molecule has 1 unspecified atom stereocenters. The van der Waals surface area contributed by atoms with Gasteiger partial charge >= 0.3 is 0 Å². The van der Waals surface area contributed by atoms with Crippen LogP contribution in [0, 0.1) is 0 Å². The summed E-state index contributed by atoms with van der Waals surface area (Å²) in [6.07, 6.45) is 0.476. The molecule has 4 nitrogen and oxygen atoms in total. The van der Waals surface area contributed by atoms with Crippen molar-refractivity contribution in [3.63, 3.8) is 0 Å². The fraction of sp³-hybridized carbons (Fsp3) is 0.417. The number of anilines is 1. The fourth-order valence-electron chi connectivity index (χ4n) is 1.50. The lowest BCUT2D eigenvalue weighted by Gasteiger charge is -2.11. The topological polar surface area (TPSA) is 81.1 Å². The Bertz CT molecular complexity index is 335. The van der Waals surface area contributed by atoms with Gasteiger partial charge in [0.25, 0.3) is 0 Å². The minimum Gasteiger partial charge on any atom is -0.399 e. The summed E-state index contributed by atoms with van der Waals surface area (Å²) < 4.78 is 0. The minimum absolute atomic E-state index is 0.0368. The van der Waals surface area contributed by atoms with Crippen molar-refractivity contribution in [3.05, 3.63) is 29.8 Å². The summed E-state index contributed by atoms with van der Waals surface area (Å²) in [6.45, 7) is 3.03. The number of nitrogen functional groups attached to an aromatic ring is 1. The molecule has 1 atom stereocenters. The number of carbonyl (C=O) groups excluding carboxylic acids is 1. The number of nitrogens with two attached hydrogens (primary N) is 2. The molecule has 0 aliphatic rings. The summed E-state index contributed by atoms with van der Waals surface area (Å²) in [5, 5.41) is 2.76. The van der Waals surface area contributed by atoms with Gasteiger partial charge in [0.15, 0.2) is 0 Å². The molecule has 1 aromatic carbocycles. The molecule has 4 heteroatoms. The molecule has 1 rings (SSSR count). The molecule has 0 spiro atoms. The van der Waals surface area contributed by atoms with E-state index in [9.17, 15) is 4.79 Å². The average molecular weight is 221 g/mol. The molecule has 0 aromatic heterocycles. The number of hydrogen-bond acceptors (Lipinski definition) is 3. The van der Waals surface area contributed by atoms with E-state index in [0.717, 1.165) is 11.3 Å². The van der Waals surface area contributed by atoms with E-state index in [1.165, 1.54) is 0 Å². The molecule has 1 amide bonds. The molecule has 0 heterocycles. The van der Waals surface area contributed by atoms with Crippen molar-refractivity contribution in [2.45, 2.75) is 19.3 Å². The lowest BCUT2D eigenvalue weighted by molar-refractivity contribution is -0.121. The van der Waals surface area contributed by atoms with Gasteiger partial charge in [-0.3, -0.25) is 4.79 Å². The Morgan fingerprint density at radius 3 is 2.56 bits per heavy atom. The van der Waals surface area contributed by atoms with Crippen LogP contribution in [0.4, 0.5) is 5.69 Å². The molecule has 0 fully saturated rings. The van der Waals surface area contributed by atoms with Crippen molar-refractivity contribution in [3.8, 4) is 0 Å². The van der Waals surface area contributed by atoms with Crippen LogP contribution in [0.3, 0.4) is 0 Å². The lowest BCUT2D eigenvalue weighted by atomic mass is 9.97. The van der Waals surface area contributed by atoms with Gasteiger partial charge in [0.2, 0.25) is 5.91 Å². The van der Waals surface area contributed by atoms with Crippen LogP contribution in [-0.2, 0) is 4.79 Å². The molecule has 1 aromatic rings. The van der Waals surface area contributed by atoms with Crippen LogP contribution in [0.5, 0.6) is 0 Å². The highest BCUT2D eigenvalue weighted by Crippen LogP contribution is 2.19. The van der Waals surface area contributed by atoms with E-state index in [0.29, 0.717) is 19.5 Å². The maximum atomic E-state index is 11.5. The molecular formula is C12H19N3O. The molecule has 5 N–H and O–H groups in total. The van der Waals surface area contributed by atoms with E-state index < -0.39 is 0 Å². The molecule has 0 bridgehead atoms. The normalized spacial score (nSPS) is 12.1. The van der Waals surface area contributed by atoms with Crippen molar-refractivity contribution in [2.75, 3.05) is 18.8 Å². The number of rotatable bonds is 5. The van der Waals surface area contributed by atoms with E-state index in [1.807, 2.05) is 31.2 Å². The fourth-order valence-corrected chi connectivity index (χ4v) is 1.50. The minimum atomic E-state index is 0.0368. The van der Waals surface area contributed by atoms with Crippen LogP contribution >= 0.6 is 0 Å². The highest BCUT2D eigenvalue weighted by atomic mass is 16.1. The Kier molecular flexibility index (Phi) is 4.79. The SMILES string of the molecule is CC(CC(=O)NCCN)c1ccc(N)cc1. The van der Waals surface area contributed by atoms with Gasteiger partial charge in [0.1, 0.15) is 0 Å². The third-order valence-electron chi connectivity index (χ3n) is 2.46. The van der Waals surface area contributed by atoms with E-state index in [4.69, 9.17) is 11.5 Å². The number of hydrogen-bond donors (Lipinski definition) is 3. The van der Waals surface area contributed by atoms with Gasteiger partial charge in [-0.1, -0.05) is 19.1 Å². The van der Waals surface area contributed by atoms with Gasteiger partial charge in [0, 0.05) is 25.2 Å². The van der Waals surface area contributed by atoms with E-state index in [-0.39, 0.29) is 11.8 Å². The van der Waals surface area contributed by atoms with Gasteiger partial charge in [-0.25, -0.2) is 0 Å². The third kappa shape index (κ3) is 3.90. The largest absolute Gasteiger partial charge is 0.399 e. The van der Waals surface area contributed by atoms with Gasteiger partial charge in [-0.2, -0.15) is 0 Å². The Hall–Kier alpha value is -1.55. The molecule has 0 saturated heterocycles. The Morgan fingerprint density at radius 1 is 1.38 bits per heavy atom. The average Bonchev–Trinajstić information content (AvgIpc) is 2.27. The number of carbonyl (C=O) groups is 1. The highest BCUT2D eigenvalue weighted by Gasteiger charge is 2.10. The van der Waals surface area contributed by atoms with Crippen LogP contribution in [0.25, 0.3) is 0 Å². The lowest BCUT2D eigenvalue weighted by Crippen LogP contribution is -2.29. The molecular weight excluding hydrogens is 202 g/mol. The second-order valence-electron chi connectivity index (χ2n) is 3.91. The number of nitrogens with one attached hydrogen (secondary N) is 1. The summed E-state index contributed by atoms with van der Waals surface area (Å²) >= 11 is 0. The van der Waals surface area contributed by atoms with Gasteiger partial charge in [-0.15, -0.1) is 0 Å². The summed E-state index contributed by atoms with van der Waals surface area (Å²) in [6, 6.07) is 7.61. The summed E-state index contributed by atoms with van der Waals surface area (Å²) in [4.78, 5) is 11.5. The Labute approximate surface area is 96.0 Å². The smallest absolute Gasteiger partial charge is 0.220 e. The maximum absolute atomic E-state index is 11.5. The van der Waals surface area contributed by atoms with Crippen LogP contribution in [0.2, 0.25) is 0 Å². The standard InChI is InChI=1S/C12H19N3O/c1-9(8-12(16)15-7-6-13)10-2-4-11(14)5-3-10/h2-5,9H,6-8,13-14H2,1H3,(H,15,16). The second kappa shape index (κ2) is 6.12. The molecule has 0 saturated carbocycles. The van der Waals surface area contributed by atoms with Crippen molar-refractivity contribution in [1.29, 1.82) is 0 Å². The van der Waals surface area contributed by atoms with Crippen molar-refractivity contribution < 1.29 is 4.79 Å². The first-order valence-electron chi connectivity index (χ1n) is 5.45. The second-order valence-corrected chi connectivity index (χ2v) is 3.91. The number of benzene rings is 1. The number of amides is 1. The van der Waals surface area contributed by atoms with Crippen LogP contribution in [-0.4, -0.2) is 19.0 Å². The van der Waals surface area contributed by atoms with E-state index >= 15 is 0 Å². The first-order chi connectivity index (χ1) is 7.63. The maximum Gasteiger partial charge on any atom is 0.220 e. The quantitative estimate of drug-likeness (QED) is 0.644. The molecule has 0 radical (unpaired) electrons. The van der Waals surface area contributed by atoms with Gasteiger partial charge < -0.3 is 16.8 Å². The first-order valence-corrected chi connectivity index (χ1v) is 5.45. The van der Waals surface area contributed by atoms with E-state index in [2.05, 4.69) is 5.32 Å². The zero-order valence-electron chi connectivity index (χ0n) is 9.57. The van der Waals surface area contributed by atoms with Gasteiger partial charge in [-0.05, 0) is 23.6 Å². The highest BCUT2D eigenvalue weighted by molar-refractivity contribution is 5.76.